The largest absolute Gasteiger partial charge is 0.463 e. The fraction of sp³-hybridized carbons (Fsp3) is 0. The van der Waals surface area contributed by atoms with E-state index in [0.717, 1.165) is 21.9 Å². The van der Waals surface area contributed by atoms with E-state index in [0.29, 0.717) is 22.6 Å². The zero-order valence-electron chi connectivity index (χ0n) is 13.7. The second kappa shape index (κ2) is 5.70. The van der Waals surface area contributed by atoms with Crippen LogP contribution in [0.3, 0.4) is 0 Å². The highest BCUT2D eigenvalue weighted by molar-refractivity contribution is 6.11. The molecule has 0 amide bonds. The highest BCUT2D eigenvalue weighted by atomic mass is 16.4. The molecule has 0 aliphatic heterocycles. The molecule has 0 spiro atoms. The van der Waals surface area contributed by atoms with Crippen molar-refractivity contribution in [2.75, 3.05) is 0 Å². The van der Waals surface area contributed by atoms with Gasteiger partial charge in [0.05, 0.1) is 6.26 Å². The van der Waals surface area contributed by atoms with Crippen molar-refractivity contribution in [1.82, 2.24) is 4.98 Å². The summed E-state index contributed by atoms with van der Waals surface area (Å²) in [4.78, 5) is 17.2. The summed E-state index contributed by atoms with van der Waals surface area (Å²) < 4.78 is 11.0. The summed E-state index contributed by atoms with van der Waals surface area (Å²) in [5.74, 6) is 0.608. The molecule has 0 saturated heterocycles. The SMILES string of the molecule is O=c1oc2ccccc2c2c(-c3ccccc3)cc(-c3ccco3)nc12. The zero-order valence-corrected chi connectivity index (χ0v) is 13.7. The third-order valence-electron chi connectivity index (χ3n) is 4.43. The van der Waals surface area contributed by atoms with Crippen LogP contribution in [0.25, 0.3) is 44.5 Å². The number of hydrogen-bond donors (Lipinski definition) is 0. The molecule has 0 bridgehead atoms. The van der Waals surface area contributed by atoms with Gasteiger partial charge in [0.1, 0.15) is 11.3 Å². The molecule has 0 fully saturated rings. The van der Waals surface area contributed by atoms with Crippen LogP contribution in [0.5, 0.6) is 0 Å². The molecular weight excluding hydrogens is 326 g/mol. The van der Waals surface area contributed by atoms with E-state index in [1.807, 2.05) is 60.7 Å². The van der Waals surface area contributed by atoms with Crippen molar-refractivity contribution in [2.24, 2.45) is 0 Å². The van der Waals surface area contributed by atoms with E-state index >= 15 is 0 Å². The van der Waals surface area contributed by atoms with Crippen LogP contribution >= 0.6 is 0 Å². The number of pyridine rings is 1. The van der Waals surface area contributed by atoms with Gasteiger partial charge < -0.3 is 8.83 Å². The van der Waals surface area contributed by atoms with Gasteiger partial charge in [0.2, 0.25) is 0 Å². The minimum atomic E-state index is -0.454. The molecule has 26 heavy (non-hydrogen) atoms. The Kier molecular flexibility index (Phi) is 3.22. The third kappa shape index (κ3) is 2.24. The lowest BCUT2D eigenvalue weighted by Crippen LogP contribution is -2.04. The first-order valence-corrected chi connectivity index (χ1v) is 8.27. The minimum absolute atomic E-state index is 0.302. The van der Waals surface area contributed by atoms with Gasteiger partial charge in [-0.3, -0.25) is 0 Å². The first kappa shape index (κ1) is 14.7. The highest BCUT2D eigenvalue weighted by Crippen LogP contribution is 2.35. The van der Waals surface area contributed by atoms with Crippen molar-refractivity contribution in [3.8, 4) is 22.6 Å². The molecule has 3 aromatic heterocycles. The normalized spacial score (nSPS) is 11.2. The molecule has 0 atom stereocenters. The molecule has 0 radical (unpaired) electrons. The predicted molar refractivity (Wildman–Crippen MR) is 101 cm³/mol. The van der Waals surface area contributed by atoms with E-state index in [4.69, 9.17) is 8.83 Å². The Morgan fingerprint density at radius 1 is 0.846 bits per heavy atom. The van der Waals surface area contributed by atoms with Crippen molar-refractivity contribution in [3.05, 3.63) is 89.5 Å². The molecular formula is C22H13NO3. The Morgan fingerprint density at radius 3 is 2.46 bits per heavy atom. The summed E-state index contributed by atoms with van der Waals surface area (Å²) in [5.41, 5.74) is 2.92. The summed E-state index contributed by atoms with van der Waals surface area (Å²) in [5, 5.41) is 1.65. The smallest absolute Gasteiger partial charge is 0.363 e. The first-order chi connectivity index (χ1) is 12.8. The van der Waals surface area contributed by atoms with E-state index in [9.17, 15) is 4.79 Å². The standard InChI is InChI=1S/C22H13NO3/c24-22-21-20(15-9-4-5-10-18(15)26-22)16(14-7-2-1-3-8-14)13-17(23-21)19-11-6-12-25-19/h1-13H. The van der Waals surface area contributed by atoms with Gasteiger partial charge in [-0.25, -0.2) is 9.78 Å². The Labute approximate surface area is 148 Å². The fourth-order valence-corrected chi connectivity index (χ4v) is 3.27. The summed E-state index contributed by atoms with van der Waals surface area (Å²) in [7, 11) is 0. The minimum Gasteiger partial charge on any atom is -0.463 e. The lowest BCUT2D eigenvalue weighted by Gasteiger charge is -2.10. The molecule has 5 rings (SSSR count). The van der Waals surface area contributed by atoms with E-state index in [1.165, 1.54) is 0 Å². The van der Waals surface area contributed by atoms with E-state index < -0.39 is 5.63 Å². The van der Waals surface area contributed by atoms with Crippen LogP contribution in [-0.2, 0) is 0 Å². The highest BCUT2D eigenvalue weighted by Gasteiger charge is 2.17. The van der Waals surface area contributed by atoms with Crippen LogP contribution < -0.4 is 5.63 Å². The Bertz CT molecular complexity index is 1290. The van der Waals surface area contributed by atoms with Crippen molar-refractivity contribution < 1.29 is 8.83 Å². The molecule has 2 aromatic carbocycles. The molecule has 0 aliphatic rings. The maximum absolute atomic E-state index is 12.6. The topological polar surface area (TPSA) is 56.2 Å². The van der Waals surface area contributed by atoms with E-state index in [2.05, 4.69) is 4.98 Å². The number of benzene rings is 2. The Hall–Kier alpha value is -3.66. The number of rotatable bonds is 2. The molecule has 4 heteroatoms. The van der Waals surface area contributed by atoms with E-state index in [-0.39, 0.29) is 0 Å². The van der Waals surface area contributed by atoms with Gasteiger partial charge in [-0.05, 0) is 35.4 Å². The number of furan rings is 1. The molecule has 0 aliphatic carbocycles. The summed E-state index contributed by atoms with van der Waals surface area (Å²) in [6.45, 7) is 0. The van der Waals surface area contributed by atoms with Crippen LogP contribution in [-0.4, -0.2) is 4.98 Å². The predicted octanol–water partition coefficient (Wildman–Crippen LogP) is 5.27. The van der Waals surface area contributed by atoms with Gasteiger partial charge in [-0.1, -0.05) is 48.5 Å². The second-order valence-corrected chi connectivity index (χ2v) is 6.01. The second-order valence-electron chi connectivity index (χ2n) is 6.01. The van der Waals surface area contributed by atoms with Crippen LogP contribution in [0.2, 0.25) is 0 Å². The molecule has 0 saturated carbocycles. The van der Waals surface area contributed by atoms with Crippen molar-refractivity contribution >= 4 is 21.9 Å². The molecule has 3 heterocycles. The zero-order chi connectivity index (χ0) is 17.5. The number of hydrogen-bond acceptors (Lipinski definition) is 4. The quantitative estimate of drug-likeness (QED) is 0.325. The first-order valence-electron chi connectivity index (χ1n) is 8.27. The maximum atomic E-state index is 12.6. The monoisotopic (exact) mass is 339 g/mol. The van der Waals surface area contributed by atoms with E-state index in [1.54, 1.807) is 18.4 Å². The van der Waals surface area contributed by atoms with Gasteiger partial charge in [-0.15, -0.1) is 0 Å². The number of nitrogens with zero attached hydrogens (tertiary/aromatic N) is 1. The van der Waals surface area contributed by atoms with Gasteiger partial charge in [-0.2, -0.15) is 0 Å². The number of para-hydroxylation sites is 1. The van der Waals surface area contributed by atoms with Gasteiger partial charge >= 0.3 is 5.63 Å². The Balaban J connectivity index is 1.99. The molecule has 5 aromatic rings. The van der Waals surface area contributed by atoms with Crippen LogP contribution in [0.4, 0.5) is 0 Å². The fourth-order valence-electron chi connectivity index (χ4n) is 3.27. The van der Waals surface area contributed by atoms with Crippen molar-refractivity contribution in [3.63, 3.8) is 0 Å². The molecule has 4 nitrogen and oxygen atoms in total. The average molecular weight is 339 g/mol. The average Bonchev–Trinajstić information content (AvgIpc) is 3.23. The van der Waals surface area contributed by atoms with Crippen LogP contribution in [0.15, 0.2) is 92.7 Å². The molecule has 0 N–H and O–H groups in total. The van der Waals surface area contributed by atoms with Crippen molar-refractivity contribution in [1.29, 1.82) is 0 Å². The molecule has 0 unspecified atom stereocenters. The van der Waals surface area contributed by atoms with Gasteiger partial charge in [0.15, 0.2) is 11.3 Å². The van der Waals surface area contributed by atoms with Crippen LogP contribution in [0, 0.1) is 0 Å². The van der Waals surface area contributed by atoms with Gasteiger partial charge in [0.25, 0.3) is 0 Å². The summed E-state index contributed by atoms with van der Waals surface area (Å²) >= 11 is 0. The number of aromatic nitrogens is 1. The molecule has 124 valence electrons. The lowest BCUT2D eigenvalue weighted by atomic mass is 9.98. The third-order valence-corrected chi connectivity index (χ3v) is 4.43. The van der Waals surface area contributed by atoms with Crippen molar-refractivity contribution in [2.45, 2.75) is 0 Å². The summed E-state index contributed by atoms with van der Waals surface area (Å²) in [6.07, 6.45) is 1.59. The van der Waals surface area contributed by atoms with Gasteiger partial charge in [0, 0.05) is 10.8 Å². The lowest BCUT2D eigenvalue weighted by molar-refractivity contribution is 0.567. The maximum Gasteiger partial charge on any atom is 0.363 e. The number of fused-ring (bicyclic) bond motifs is 3. The Morgan fingerprint density at radius 2 is 1.65 bits per heavy atom. The summed E-state index contributed by atoms with van der Waals surface area (Å²) in [6, 6.07) is 23.1. The van der Waals surface area contributed by atoms with Crippen LogP contribution in [0.1, 0.15) is 0 Å².